The number of nitriles is 1. The van der Waals surface area contributed by atoms with Gasteiger partial charge in [-0.3, -0.25) is 0 Å². The van der Waals surface area contributed by atoms with Crippen LogP contribution >= 0.6 is 11.6 Å². The first-order valence-electron chi connectivity index (χ1n) is 9.36. The van der Waals surface area contributed by atoms with E-state index in [0.717, 1.165) is 36.0 Å². The van der Waals surface area contributed by atoms with E-state index in [0.29, 0.717) is 11.1 Å². The molecule has 0 atom stereocenters. The van der Waals surface area contributed by atoms with Crippen molar-refractivity contribution < 1.29 is 14.6 Å². The number of phenolic OH excluding ortho intramolecular Hbond substituents is 1. The first-order valence-corrected chi connectivity index (χ1v) is 9.73. The molecule has 0 amide bonds. The van der Waals surface area contributed by atoms with Crippen LogP contribution in [-0.4, -0.2) is 11.1 Å². The Balaban J connectivity index is 1.79. The number of aromatic hydroxyl groups is 1. The summed E-state index contributed by atoms with van der Waals surface area (Å²) >= 11 is 5.98. The number of rotatable bonds is 6. The molecule has 0 radical (unpaired) electrons. The third kappa shape index (κ3) is 4.96. The van der Waals surface area contributed by atoms with E-state index in [1.807, 2.05) is 24.3 Å². The number of ether oxygens (including phenoxy) is 1. The van der Waals surface area contributed by atoms with Crippen molar-refractivity contribution >= 4 is 17.6 Å². The molecule has 1 N–H and O–H groups in total. The molecule has 0 aliphatic heterocycles. The highest BCUT2D eigenvalue weighted by Crippen LogP contribution is 2.29. The fourth-order valence-electron chi connectivity index (χ4n) is 3.04. The average Bonchev–Trinajstić information content (AvgIpc) is 2.72. The quantitative estimate of drug-likeness (QED) is 0.394. The lowest BCUT2D eigenvalue weighted by Gasteiger charge is -2.11. The smallest absolute Gasteiger partial charge is 0.343 e. The van der Waals surface area contributed by atoms with Gasteiger partial charge in [0.1, 0.15) is 17.6 Å². The fraction of sp³-hybridized carbons (Fsp3) is 0.167. The first kappa shape index (κ1) is 20.4. The Morgan fingerprint density at radius 2 is 1.86 bits per heavy atom. The van der Waals surface area contributed by atoms with Gasteiger partial charge in [0.2, 0.25) is 0 Å². The maximum absolute atomic E-state index is 12.4. The molecule has 0 unspecified atom stereocenters. The zero-order valence-electron chi connectivity index (χ0n) is 16.0. The van der Waals surface area contributed by atoms with Crippen LogP contribution in [0.2, 0.25) is 5.02 Å². The highest BCUT2D eigenvalue weighted by atomic mass is 35.5. The van der Waals surface area contributed by atoms with Gasteiger partial charge < -0.3 is 9.84 Å². The van der Waals surface area contributed by atoms with Crippen LogP contribution in [0.1, 0.15) is 41.3 Å². The van der Waals surface area contributed by atoms with E-state index < -0.39 is 5.97 Å². The molecule has 146 valence electrons. The van der Waals surface area contributed by atoms with Crippen LogP contribution in [-0.2, 0) is 6.42 Å². The van der Waals surface area contributed by atoms with Crippen LogP contribution in [0.25, 0.3) is 11.1 Å². The third-order valence-electron chi connectivity index (χ3n) is 4.59. The number of unbranched alkanes of at least 4 members (excludes halogenated alkanes) is 1. The molecular weight excluding hydrogens is 386 g/mol. The molecule has 29 heavy (non-hydrogen) atoms. The van der Waals surface area contributed by atoms with Crippen LogP contribution in [0.4, 0.5) is 0 Å². The molecule has 0 saturated carbocycles. The van der Waals surface area contributed by atoms with Crippen LogP contribution in [0.15, 0.2) is 60.7 Å². The number of esters is 1. The van der Waals surface area contributed by atoms with Gasteiger partial charge in [0.15, 0.2) is 0 Å². The lowest BCUT2D eigenvalue weighted by atomic mass is 9.95. The van der Waals surface area contributed by atoms with Crippen LogP contribution in [0, 0.1) is 11.3 Å². The van der Waals surface area contributed by atoms with Crippen molar-refractivity contribution in [3.63, 3.8) is 0 Å². The van der Waals surface area contributed by atoms with Crippen molar-refractivity contribution in [2.45, 2.75) is 26.2 Å². The minimum Gasteiger partial charge on any atom is -0.508 e. The van der Waals surface area contributed by atoms with Crippen LogP contribution in [0.5, 0.6) is 11.5 Å². The molecule has 0 aliphatic carbocycles. The van der Waals surface area contributed by atoms with Gasteiger partial charge in [0.05, 0.1) is 16.1 Å². The molecule has 0 fully saturated rings. The van der Waals surface area contributed by atoms with E-state index in [2.05, 4.69) is 6.92 Å². The van der Waals surface area contributed by atoms with E-state index in [1.54, 1.807) is 24.3 Å². The fourth-order valence-corrected chi connectivity index (χ4v) is 3.25. The second kappa shape index (κ2) is 9.27. The predicted molar refractivity (Wildman–Crippen MR) is 113 cm³/mol. The van der Waals surface area contributed by atoms with E-state index in [1.165, 1.54) is 18.2 Å². The Bertz CT molecular complexity index is 1070. The van der Waals surface area contributed by atoms with E-state index >= 15 is 0 Å². The van der Waals surface area contributed by atoms with Crippen molar-refractivity contribution in [2.24, 2.45) is 0 Å². The van der Waals surface area contributed by atoms with Crippen molar-refractivity contribution in [1.29, 1.82) is 5.26 Å². The van der Waals surface area contributed by atoms with E-state index in [9.17, 15) is 9.90 Å². The van der Waals surface area contributed by atoms with Gasteiger partial charge in [0, 0.05) is 6.07 Å². The van der Waals surface area contributed by atoms with Gasteiger partial charge in [-0.15, -0.1) is 0 Å². The highest BCUT2D eigenvalue weighted by molar-refractivity contribution is 6.31. The van der Waals surface area contributed by atoms with Crippen LogP contribution < -0.4 is 4.74 Å². The standard InChI is InChI=1S/C24H20ClNO3/c1-2-3-4-18-13-20(27)10-12-22(18)16-5-7-17(8-6-16)24(28)29-21-11-9-19(15-26)23(25)14-21/h5-14,27H,2-4H2,1H3. The SMILES string of the molecule is CCCCc1cc(O)ccc1-c1ccc(C(=O)Oc2ccc(C#N)c(Cl)c2)cc1. The number of hydrogen-bond acceptors (Lipinski definition) is 4. The number of carbonyl (C=O) groups excluding carboxylic acids is 1. The highest BCUT2D eigenvalue weighted by Gasteiger charge is 2.12. The van der Waals surface area contributed by atoms with Gasteiger partial charge >= 0.3 is 5.97 Å². The molecule has 0 spiro atoms. The topological polar surface area (TPSA) is 70.3 Å². The minimum atomic E-state index is -0.505. The van der Waals surface area contributed by atoms with Crippen LogP contribution in [0.3, 0.4) is 0 Å². The van der Waals surface area contributed by atoms with E-state index in [-0.39, 0.29) is 16.5 Å². The number of benzene rings is 3. The summed E-state index contributed by atoms with van der Waals surface area (Å²) in [5.41, 5.74) is 3.81. The molecule has 0 aromatic heterocycles. The average molecular weight is 406 g/mol. The number of aryl methyl sites for hydroxylation is 1. The van der Waals surface area contributed by atoms with Gasteiger partial charge in [-0.2, -0.15) is 5.26 Å². The summed E-state index contributed by atoms with van der Waals surface area (Å²) in [5, 5.41) is 19.0. The van der Waals surface area contributed by atoms with Crippen molar-refractivity contribution in [2.75, 3.05) is 0 Å². The molecule has 0 aliphatic rings. The Labute approximate surface area is 175 Å². The molecule has 3 rings (SSSR count). The zero-order valence-corrected chi connectivity index (χ0v) is 16.7. The number of nitrogens with zero attached hydrogens (tertiary/aromatic N) is 1. The van der Waals surface area contributed by atoms with Gasteiger partial charge in [-0.05, 0) is 65.9 Å². The summed E-state index contributed by atoms with van der Waals surface area (Å²) in [6.07, 6.45) is 2.98. The van der Waals surface area contributed by atoms with Gasteiger partial charge in [0.25, 0.3) is 0 Å². The third-order valence-corrected chi connectivity index (χ3v) is 4.90. The van der Waals surface area contributed by atoms with Gasteiger partial charge in [-0.1, -0.05) is 43.1 Å². The maximum Gasteiger partial charge on any atom is 0.343 e. The molecule has 5 heteroatoms. The monoisotopic (exact) mass is 405 g/mol. The number of carbonyl (C=O) groups is 1. The zero-order chi connectivity index (χ0) is 20.8. The molecule has 0 saturated heterocycles. The van der Waals surface area contributed by atoms with E-state index in [4.69, 9.17) is 21.6 Å². The van der Waals surface area contributed by atoms with Crippen molar-refractivity contribution in [1.82, 2.24) is 0 Å². The van der Waals surface area contributed by atoms with Crippen molar-refractivity contribution in [3.8, 4) is 28.7 Å². The number of hydrogen-bond donors (Lipinski definition) is 1. The Kier molecular flexibility index (Phi) is 6.54. The second-order valence-electron chi connectivity index (χ2n) is 6.67. The molecule has 4 nitrogen and oxygen atoms in total. The molecular formula is C24H20ClNO3. The summed E-state index contributed by atoms with van der Waals surface area (Å²) in [7, 11) is 0. The van der Waals surface area contributed by atoms with Gasteiger partial charge in [-0.25, -0.2) is 4.79 Å². The largest absolute Gasteiger partial charge is 0.508 e. The predicted octanol–water partition coefficient (Wildman–Crippen LogP) is 6.15. The summed E-state index contributed by atoms with van der Waals surface area (Å²) in [4.78, 5) is 12.4. The summed E-state index contributed by atoms with van der Waals surface area (Å²) in [6, 6.07) is 19.0. The first-order chi connectivity index (χ1) is 14.0. The normalized spacial score (nSPS) is 10.4. The Morgan fingerprint density at radius 3 is 2.52 bits per heavy atom. The maximum atomic E-state index is 12.4. The number of phenols is 1. The molecule has 3 aromatic carbocycles. The number of halogens is 1. The summed E-state index contributed by atoms with van der Waals surface area (Å²) in [5.74, 6) is 0.0267. The molecule has 3 aromatic rings. The van der Waals surface area contributed by atoms with Crippen molar-refractivity contribution in [3.05, 3.63) is 82.4 Å². The summed E-state index contributed by atoms with van der Waals surface area (Å²) in [6.45, 7) is 2.13. The lowest BCUT2D eigenvalue weighted by molar-refractivity contribution is 0.0735. The summed E-state index contributed by atoms with van der Waals surface area (Å²) < 4.78 is 5.35. The Hall–Kier alpha value is -3.29. The Morgan fingerprint density at radius 1 is 1.10 bits per heavy atom. The second-order valence-corrected chi connectivity index (χ2v) is 7.07. The molecule has 0 heterocycles. The molecule has 0 bridgehead atoms. The lowest BCUT2D eigenvalue weighted by Crippen LogP contribution is -2.08. The minimum absolute atomic E-state index is 0.236.